The maximum Gasteiger partial charge on any atom is 0.418 e. The number of nitrogens with zero attached hydrogens (tertiary/aromatic N) is 1. The lowest BCUT2D eigenvalue weighted by molar-refractivity contribution is -0.127. The molecule has 0 radical (unpaired) electrons. The molecule has 0 aromatic carbocycles. The van der Waals surface area contributed by atoms with Crippen LogP contribution in [0.3, 0.4) is 0 Å². The average molecular weight is 356 g/mol. The number of imide groups is 1. The molecule has 0 saturated heterocycles. The van der Waals surface area contributed by atoms with Gasteiger partial charge in [-0.3, -0.25) is 10.1 Å². The number of alkyl carbamates (subject to hydrolysis) is 1. The van der Waals surface area contributed by atoms with Crippen LogP contribution in [0.1, 0.15) is 55.4 Å². The lowest BCUT2D eigenvalue weighted by atomic mass is 10.0. The number of nitrogens with one attached hydrogen (secondary N) is 1. The summed E-state index contributed by atoms with van der Waals surface area (Å²) >= 11 is 0. The number of aliphatic hydroxyl groups excluding tert-OH is 1. The molecule has 1 atom stereocenters. The molecule has 0 saturated carbocycles. The van der Waals surface area contributed by atoms with Crippen LogP contribution < -0.4 is 5.32 Å². The second-order valence-corrected chi connectivity index (χ2v) is 8.23. The van der Waals surface area contributed by atoms with E-state index in [1.165, 1.54) is 0 Å². The van der Waals surface area contributed by atoms with Crippen LogP contribution in [0.25, 0.3) is 0 Å². The second kappa shape index (κ2) is 6.93. The third kappa shape index (κ3) is 5.37. The van der Waals surface area contributed by atoms with Crippen LogP contribution >= 0.6 is 0 Å². The Labute approximate surface area is 148 Å². The molecule has 0 fully saturated rings. The van der Waals surface area contributed by atoms with Gasteiger partial charge in [-0.2, -0.15) is 0 Å². The summed E-state index contributed by atoms with van der Waals surface area (Å²) in [5.41, 5.74) is -1.96. The maximum absolute atomic E-state index is 12.6. The highest BCUT2D eigenvalue weighted by molar-refractivity contribution is 6.07. The number of hydrogen-bond acceptors (Lipinski definition) is 6. The predicted molar refractivity (Wildman–Crippen MR) is 90.7 cm³/mol. The Bertz CT molecular complexity index is 595. The molecule has 142 valence electrons. The fourth-order valence-corrected chi connectivity index (χ4v) is 2.27. The minimum absolute atomic E-state index is 0.283. The van der Waals surface area contributed by atoms with Gasteiger partial charge in [0.15, 0.2) is 5.70 Å². The molecule has 25 heavy (non-hydrogen) atoms. The fourth-order valence-electron chi connectivity index (χ4n) is 2.27. The summed E-state index contributed by atoms with van der Waals surface area (Å²) in [7, 11) is 0. The first-order valence-corrected chi connectivity index (χ1v) is 8.13. The van der Waals surface area contributed by atoms with Gasteiger partial charge in [0.2, 0.25) is 0 Å². The van der Waals surface area contributed by atoms with E-state index in [4.69, 9.17) is 9.47 Å². The van der Waals surface area contributed by atoms with E-state index >= 15 is 0 Å². The van der Waals surface area contributed by atoms with Crippen molar-refractivity contribution in [3.63, 3.8) is 0 Å². The van der Waals surface area contributed by atoms with Crippen LogP contribution in [-0.4, -0.2) is 45.3 Å². The number of aliphatic hydroxyl groups is 1. The zero-order chi connectivity index (χ0) is 19.7. The van der Waals surface area contributed by atoms with Crippen LogP contribution in [-0.2, 0) is 14.3 Å². The third-order valence-corrected chi connectivity index (χ3v) is 3.09. The molecule has 1 heterocycles. The molecule has 1 aliphatic rings. The number of ether oxygens (including phenoxy) is 2. The van der Waals surface area contributed by atoms with Gasteiger partial charge in [0, 0.05) is 0 Å². The molecule has 8 heteroatoms. The predicted octanol–water partition coefficient (Wildman–Crippen LogP) is 3.08. The van der Waals surface area contributed by atoms with Gasteiger partial charge >= 0.3 is 12.2 Å². The normalized spacial score (nSPS) is 18.7. The molecule has 0 spiro atoms. The van der Waals surface area contributed by atoms with E-state index in [2.05, 4.69) is 5.32 Å². The van der Waals surface area contributed by atoms with Crippen molar-refractivity contribution in [1.82, 2.24) is 10.2 Å². The molecule has 0 unspecified atom stereocenters. The standard InChI is InChI=1S/C17H28N2O6/c1-9(2)11-12(20)10(18-14(22)24-16(3,4)5)13(21)19(11)15(23)25-17(6,7)8/h9,11,20H,1-8H3,(H,18,22)/t11-/m1/s1. The fraction of sp³-hybridized carbons (Fsp3) is 0.706. The summed E-state index contributed by atoms with van der Waals surface area (Å²) in [6.07, 6.45) is -1.78. The minimum Gasteiger partial charge on any atom is -0.508 e. The Morgan fingerprint density at radius 3 is 1.96 bits per heavy atom. The van der Waals surface area contributed by atoms with Gasteiger partial charge in [0.25, 0.3) is 5.91 Å². The molecule has 2 N–H and O–H groups in total. The zero-order valence-electron chi connectivity index (χ0n) is 16.1. The first-order chi connectivity index (χ1) is 11.1. The van der Waals surface area contributed by atoms with Crippen molar-refractivity contribution in [3.05, 3.63) is 11.5 Å². The molecule has 1 rings (SSSR count). The number of rotatable bonds is 2. The van der Waals surface area contributed by atoms with Gasteiger partial charge in [-0.15, -0.1) is 0 Å². The molecule has 0 aromatic rings. The smallest absolute Gasteiger partial charge is 0.418 e. The molecule has 0 bridgehead atoms. The first-order valence-electron chi connectivity index (χ1n) is 8.13. The SMILES string of the molecule is CC(C)[C@@H]1C(O)=C(NC(=O)OC(C)(C)C)C(=O)N1C(=O)OC(C)(C)C. The van der Waals surface area contributed by atoms with Crippen LogP contribution in [0.15, 0.2) is 11.5 Å². The summed E-state index contributed by atoms with van der Waals surface area (Å²) < 4.78 is 10.3. The summed E-state index contributed by atoms with van der Waals surface area (Å²) in [5, 5.41) is 12.6. The lowest BCUT2D eigenvalue weighted by Gasteiger charge is -2.29. The van der Waals surface area contributed by atoms with Gasteiger partial charge in [0.05, 0.1) is 0 Å². The molecule has 0 aromatic heterocycles. The van der Waals surface area contributed by atoms with Crippen molar-refractivity contribution in [2.24, 2.45) is 5.92 Å². The van der Waals surface area contributed by atoms with Crippen molar-refractivity contribution in [2.45, 2.75) is 72.6 Å². The van der Waals surface area contributed by atoms with Crippen molar-refractivity contribution < 1.29 is 29.0 Å². The third-order valence-electron chi connectivity index (χ3n) is 3.09. The number of carbonyl (C=O) groups excluding carboxylic acids is 3. The molecule has 3 amide bonds. The number of amides is 3. The Morgan fingerprint density at radius 2 is 1.56 bits per heavy atom. The van der Waals surface area contributed by atoms with Crippen LogP contribution in [0, 0.1) is 5.92 Å². The summed E-state index contributed by atoms with van der Waals surface area (Å²) in [6, 6.07) is -0.924. The molecule has 1 aliphatic heterocycles. The van der Waals surface area contributed by atoms with Gasteiger partial charge in [-0.1, -0.05) is 13.8 Å². The van der Waals surface area contributed by atoms with Gasteiger partial charge in [0.1, 0.15) is 23.0 Å². The molecular formula is C17H28N2O6. The highest BCUT2D eigenvalue weighted by Crippen LogP contribution is 2.30. The van der Waals surface area contributed by atoms with Crippen molar-refractivity contribution in [2.75, 3.05) is 0 Å². The summed E-state index contributed by atoms with van der Waals surface area (Å²) in [4.78, 5) is 37.7. The van der Waals surface area contributed by atoms with Gasteiger partial charge in [-0.25, -0.2) is 14.5 Å². The topological polar surface area (TPSA) is 105 Å². The second-order valence-electron chi connectivity index (χ2n) is 8.23. The monoisotopic (exact) mass is 356 g/mol. The van der Waals surface area contributed by atoms with Crippen LogP contribution in [0.2, 0.25) is 0 Å². The van der Waals surface area contributed by atoms with Gasteiger partial charge in [-0.05, 0) is 47.5 Å². The zero-order valence-corrected chi connectivity index (χ0v) is 16.1. The minimum atomic E-state index is -0.924. The van der Waals surface area contributed by atoms with Crippen LogP contribution in [0.4, 0.5) is 9.59 Å². The Hall–Kier alpha value is -2.25. The quantitative estimate of drug-likeness (QED) is 0.788. The van der Waals surface area contributed by atoms with Crippen molar-refractivity contribution in [3.8, 4) is 0 Å². The van der Waals surface area contributed by atoms with E-state index in [1.54, 1.807) is 55.4 Å². The van der Waals surface area contributed by atoms with E-state index in [9.17, 15) is 19.5 Å². The number of hydrogen-bond donors (Lipinski definition) is 2. The highest BCUT2D eigenvalue weighted by atomic mass is 16.6. The van der Waals surface area contributed by atoms with Crippen LogP contribution in [0.5, 0.6) is 0 Å². The summed E-state index contributed by atoms with van der Waals surface area (Å²) in [6.45, 7) is 13.5. The van der Waals surface area contributed by atoms with E-state index in [-0.39, 0.29) is 11.6 Å². The largest absolute Gasteiger partial charge is 0.508 e. The lowest BCUT2D eigenvalue weighted by Crippen LogP contribution is -2.46. The molecular weight excluding hydrogens is 328 g/mol. The van der Waals surface area contributed by atoms with E-state index in [0.29, 0.717) is 0 Å². The van der Waals surface area contributed by atoms with Gasteiger partial charge < -0.3 is 14.6 Å². The Balaban J connectivity index is 3.09. The van der Waals surface area contributed by atoms with E-state index in [0.717, 1.165) is 4.90 Å². The van der Waals surface area contributed by atoms with Crippen molar-refractivity contribution in [1.29, 1.82) is 0 Å². The Kier molecular flexibility index (Phi) is 5.77. The van der Waals surface area contributed by atoms with Crippen molar-refractivity contribution >= 4 is 18.1 Å². The highest BCUT2D eigenvalue weighted by Gasteiger charge is 2.47. The summed E-state index contributed by atoms with van der Waals surface area (Å²) in [5.74, 6) is -1.51. The number of carbonyl (C=O) groups is 3. The molecule has 8 nitrogen and oxygen atoms in total. The molecule has 0 aliphatic carbocycles. The maximum atomic E-state index is 12.6. The Morgan fingerprint density at radius 1 is 1.08 bits per heavy atom. The average Bonchev–Trinajstić information content (AvgIpc) is 2.58. The van der Waals surface area contributed by atoms with E-state index in [1.807, 2.05) is 0 Å². The first kappa shape index (κ1) is 20.8. The van der Waals surface area contributed by atoms with E-state index < -0.39 is 41.1 Å².